The molecular weight excluding hydrogens is 276 g/mol. The summed E-state index contributed by atoms with van der Waals surface area (Å²) >= 11 is 1.89. The molecule has 1 aliphatic rings. The second kappa shape index (κ2) is 8.28. The maximum absolute atomic E-state index is 4.45. The minimum Gasteiger partial charge on any atom is -0.316 e. The Bertz CT molecular complexity index is 405. The minimum absolute atomic E-state index is 0.484. The summed E-state index contributed by atoms with van der Waals surface area (Å²) in [5.41, 5.74) is 0.484. The van der Waals surface area contributed by atoms with Crippen LogP contribution in [0.3, 0.4) is 0 Å². The average Bonchev–Trinajstić information content (AvgIpc) is 2.89. The summed E-state index contributed by atoms with van der Waals surface area (Å²) < 4.78 is 0. The van der Waals surface area contributed by atoms with Crippen molar-refractivity contribution in [2.24, 2.45) is 11.3 Å². The van der Waals surface area contributed by atoms with Crippen LogP contribution in [0.5, 0.6) is 0 Å². The van der Waals surface area contributed by atoms with Crippen LogP contribution in [0.2, 0.25) is 0 Å². The van der Waals surface area contributed by atoms with Crippen LogP contribution in [0.1, 0.15) is 68.7 Å². The molecule has 21 heavy (non-hydrogen) atoms. The molecule has 3 heteroatoms. The van der Waals surface area contributed by atoms with Gasteiger partial charge in [-0.3, -0.25) is 0 Å². The van der Waals surface area contributed by atoms with Crippen LogP contribution in [0.4, 0.5) is 0 Å². The summed E-state index contributed by atoms with van der Waals surface area (Å²) in [5, 5.41) is 4.84. The number of unbranched alkanes of at least 4 members (excludes halogenated alkanes) is 1. The number of hydrogen-bond acceptors (Lipinski definition) is 3. The predicted molar refractivity (Wildman–Crippen MR) is 93.0 cm³/mol. The maximum Gasteiger partial charge on any atom is 0.0896 e. The third kappa shape index (κ3) is 5.07. The second-order valence-corrected chi connectivity index (χ2v) is 8.21. The summed E-state index contributed by atoms with van der Waals surface area (Å²) in [4.78, 5) is 5.93. The molecule has 1 aliphatic carbocycles. The third-order valence-electron chi connectivity index (χ3n) is 5.10. The van der Waals surface area contributed by atoms with E-state index < -0.39 is 0 Å². The summed E-state index contributed by atoms with van der Waals surface area (Å²) in [6, 6.07) is 0. The fourth-order valence-corrected chi connectivity index (χ4v) is 4.70. The lowest BCUT2D eigenvalue weighted by Crippen LogP contribution is -2.39. The molecule has 2 nitrogen and oxygen atoms in total. The molecule has 0 atom stereocenters. The van der Waals surface area contributed by atoms with Crippen LogP contribution < -0.4 is 5.32 Å². The Morgan fingerprint density at radius 2 is 2.10 bits per heavy atom. The molecule has 0 unspecified atom stereocenters. The van der Waals surface area contributed by atoms with Gasteiger partial charge in [-0.1, -0.05) is 33.1 Å². The van der Waals surface area contributed by atoms with Gasteiger partial charge >= 0.3 is 0 Å². The van der Waals surface area contributed by atoms with Gasteiger partial charge in [0, 0.05) is 17.6 Å². The Balaban J connectivity index is 1.95. The van der Waals surface area contributed by atoms with Crippen molar-refractivity contribution in [3.63, 3.8) is 0 Å². The monoisotopic (exact) mass is 308 g/mol. The standard InChI is InChI=1S/C18H32N2S/c1-4-6-7-16-8-10-18(11-9-16,14-19-5-2)12-17-13-20-15(3)21-17/h13,16,19H,4-12,14H2,1-3H3. The minimum atomic E-state index is 0.484. The number of aryl methyl sites for hydroxylation is 1. The van der Waals surface area contributed by atoms with Gasteiger partial charge in [0.1, 0.15) is 0 Å². The van der Waals surface area contributed by atoms with E-state index in [0.29, 0.717) is 5.41 Å². The van der Waals surface area contributed by atoms with Crippen molar-refractivity contribution in [2.45, 2.75) is 72.1 Å². The molecule has 0 saturated heterocycles. The highest BCUT2D eigenvalue weighted by Crippen LogP contribution is 2.43. The smallest absolute Gasteiger partial charge is 0.0896 e. The molecule has 0 aromatic carbocycles. The number of hydrogen-bond donors (Lipinski definition) is 1. The first-order valence-corrected chi connectivity index (χ1v) is 9.61. The number of nitrogens with one attached hydrogen (secondary N) is 1. The highest BCUT2D eigenvalue weighted by molar-refractivity contribution is 7.11. The van der Waals surface area contributed by atoms with Crippen LogP contribution in [0.25, 0.3) is 0 Å². The lowest BCUT2D eigenvalue weighted by Gasteiger charge is -2.40. The molecule has 1 heterocycles. The molecule has 120 valence electrons. The zero-order valence-corrected chi connectivity index (χ0v) is 14.9. The van der Waals surface area contributed by atoms with Crippen molar-refractivity contribution in [3.8, 4) is 0 Å². The Labute approximate surface area is 134 Å². The van der Waals surface area contributed by atoms with Crippen molar-refractivity contribution in [1.29, 1.82) is 0 Å². The van der Waals surface area contributed by atoms with E-state index in [1.54, 1.807) is 0 Å². The van der Waals surface area contributed by atoms with Crippen LogP contribution in [0.15, 0.2) is 6.20 Å². The van der Waals surface area contributed by atoms with Crippen LogP contribution in [0, 0.1) is 18.3 Å². The van der Waals surface area contributed by atoms with Gasteiger partial charge in [-0.15, -0.1) is 11.3 Å². The predicted octanol–water partition coefficient (Wildman–Crippen LogP) is 4.97. The number of nitrogens with zero attached hydrogens (tertiary/aromatic N) is 1. The highest BCUT2D eigenvalue weighted by atomic mass is 32.1. The molecule has 1 aromatic rings. The Hall–Kier alpha value is -0.410. The van der Waals surface area contributed by atoms with E-state index in [2.05, 4.69) is 37.3 Å². The summed E-state index contributed by atoms with van der Waals surface area (Å²) in [7, 11) is 0. The molecule has 0 aliphatic heterocycles. The first kappa shape index (κ1) is 17.0. The first-order valence-electron chi connectivity index (χ1n) is 8.79. The topological polar surface area (TPSA) is 24.9 Å². The number of thiazole rings is 1. The maximum atomic E-state index is 4.45. The first-order chi connectivity index (χ1) is 10.2. The summed E-state index contributed by atoms with van der Waals surface area (Å²) in [5.74, 6) is 0.989. The van der Waals surface area contributed by atoms with Crippen molar-refractivity contribution in [1.82, 2.24) is 10.3 Å². The van der Waals surface area contributed by atoms with Gasteiger partial charge in [0.25, 0.3) is 0 Å². The molecule has 0 spiro atoms. The Morgan fingerprint density at radius 3 is 2.67 bits per heavy atom. The summed E-state index contributed by atoms with van der Waals surface area (Å²) in [6.45, 7) is 8.91. The van der Waals surface area contributed by atoms with Crippen molar-refractivity contribution >= 4 is 11.3 Å². The lowest BCUT2D eigenvalue weighted by molar-refractivity contribution is 0.140. The highest BCUT2D eigenvalue weighted by Gasteiger charge is 2.35. The van der Waals surface area contributed by atoms with Gasteiger partial charge in [-0.25, -0.2) is 4.98 Å². The van der Waals surface area contributed by atoms with Gasteiger partial charge in [0.2, 0.25) is 0 Å². The Kier molecular flexibility index (Phi) is 6.69. The number of aromatic nitrogens is 1. The van der Waals surface area contributed by atoms with Gasteiger partial charge in [-0.05, 0) is 56.9 Å². The van der Waals surface area contributed by atoms with Crippen LogP contribution >= 0.6 is 11.3 Å². The van der Waals surface area contributed by atoms with Crippen LogP contribution in [-0.2, 0) is 6.42 Å². The molecule has 2 rings (SSSR count). The third-order valence-corrected chi connectivity index (χ3v) is 6.01. The molecular formula is C18H32N2S. The van der Waals surface area contributed by atoms with Crippen molar-refractivity contribution < 1.29 is 0 Å². The van der Waals surface area contributed by atoms with E-state index in [4.69, 9.17) is 0 Å². The SMILES string of the molecule is CCCCC1CCC(CNCC)(Cc2cnc(C)s2)CC1. The van der Waals surface area contributed by atoms with Gasteiger partial charge in [0.05, 0.1) is 5.01 Å². The van der Waals surface area contributed by atoms with Gasteiger partial charge in [0.15, 0.2) is 0 Å². The quantitative estimate of drug-likeness (QED) is 0.733. The van der Waals surface area contributed by atoms with E-state index >= 15 is 0 Å². The largest absolute Gasteiger partial charge is 0.316 e. The molecule has 1 saturated carbocycles. The zero-order chi connectivity index (χ0) is 15.1. The fraction of sp³-hybridized carbons (Fsp3) is 0.833. The van der Waals surface area contributed by atoms with E-state index in [1.807, 2.05) is 11.3 Å². The molecule has 1 N–H and O–H groups in total. The van der Waals surface area contributed by atoms with Crippen molar-refractivity contribution in [3.05, 3.63) is 16.1 Å². The fourth-order valence-electron chi connectivity index (χ4n) is 3.73. The molecule has 0 bridgehead atoms. The summed E-state index contributed by atoms with van der Waals surface area (Å²) in [6.07, 6.45) is 13.2. The second-order valence-electron chi connectivity index (χ2n) is 6.89. The lowest BCUT2D eigenvalue weighted by atomic mass is 9.67. The van der Waals surface area contributed by atoms with E-state index in [-0.39, 0.29) is 0 Å². The Morgan fingerprint density at radius 1 is 1.33 bits per heavy atom. The van der Waals surface area contributed by atoms with E-state index in [0.717, 1.165) is 12.5 Å². The van der Waals surface area contributed by atoms with Gasteiger partial charge < -0.3 is 5.32 Å². The molecule has 1 fully saturated rings. The molecule has 0 amide bonds. The zero-order valence-electron chi connectivity index (χ0n) is 14.1. The molecule has 0 radical (unpaired) electrons. The van der Waals surface area contributed by atoms with E-state index in [9.17, 15) is 0 Å². The van der Waals surface area contributed by atoms with E-state index in [1.165, 1.54) is 67.8 Å². The average molecular weight is 309 g/mol. The van der Waals surface area contributed by atoms with Gasteiger partial charge in [-0.2, -0.15) is 0 Å². The number of rotatable bonds is 8. The van der Waals surface area contributed by atoms with Crippen LogP contribution in [-0.4, -0.2) is 18.1 Å². The molecule has 1 aromatic heterocycles. The van der Waals surface area contributed by atoms with Crippen molar-refractivity contribution in [2.75, 3.05) is 13.1 Å². The normalized spacial score (nSPS) is 26.1.